The first-order chi connectivity index (χ1) is 6.06. The fourth-order valence-electron chi connectivity index (χ4n) is 1.04. The number of Topliss-reactive ketones (excluding diaryl/α,β-unsaturated/α-hetero) is 1. The second kappa shape index (κ2) is 3.85. The molecule has 0 saturated carbocycles. The van der Waals surface area contributed by atoms with E-state index >= 15 is 0 Å². The Hall–Kier alpha value is -0.930. The van der Waals surface area contributed by atoms with Crippen LogP contribution >= 0.6 is 11.6 Å². The van der Waals surface area contributed by atoms with E-state index in [-0.39, 0.29) is 17.1 Å². The lowest BCUT2D eigenvalue weighted by Crippen LogP contribution is -2.15. The standard InChI is InChI=1S/C9H9ClFNO/c1-5-2-6(8(13)4-12)9(11)7(10)3-5/h2-3H,4,12H2,1H3. The molecular weight excluding hydrogens is 193 g/mol. The van der Waals surface area contributed by atoms with Crippen LogP contribution in [-0.2, 0) is 0 Å². The zero-order valence-electron chi connectivity index (χ0n) is 7.10. The van der Waals surface area contributed by atoms with Crippen LogP contribution in [0.5, 0.6) is 0 Å². The molecule has 0 amide bonds. The zero-order chi connectivity index (χ0) is 10.0. The fraction of sp³-hybridized carbons (Fsp3) is 0.222. The number of hydrogen-bond donors (Lipinski definition) is 1. The average Bonchev–Trinajstić information content (AvgIpc) is 2.10. The van der Waals surface area contributed by atoms with Crippen molar-refractivity contribution in [2.75, 3.05) is 6.54 Å². The second-order valence-electron chi connectivity index (χ2n) is 2.74. The van der Waals surface area contributed by atoms with Gasteiger partial charge in [0.2, 0.25) is 0 Å². The van der Waals surface area contributed by atoms with Gasteiger partial charge in [-0.25, -0.2) is 4.39 Å². The summed E-state index contributed by atoms with van der Waals surface area (Å²) in [5, 5.41) is -0.0446. The SMILES string of the molecule is Cc1cc(Cl)c(F)c(C(=O)CN)c1. The van der Waals surface area contributed by atoms with Crippen LogP contribution < -0.4 is 5.73 Å². The number of hydrogen-bond acceptors (Lipinski definition) is 2. The molecule has 0 heterocycles. The van der Waals surface area contributed by atoms with Crippen molar-refractivity contribution in [3.8, 4) is 0 Å². The van der Waals surface area contributed by atoms with Gasteiger partial charge in [-0.3, -0.25) is 4.79 Å². The maximum atomic E-state index is 13.2. The molecule has 0 radical (unpaired) electrons. The average molecular weight is 202 g/mol. The van der Waals surface area contributed by atoms with Gasteiger partial charge in [0.05, 0.1) is 17.1 Å². The van der Waals surface area contributed by atoms with Gasteiger partial charge in [-0.1, -0.05) is 11.6 Å². The van der Waals surface area contributed by atoms with E-state index in [2.05, 4.69) is 0 Å². The van der Waals surface area contributed by atoms with Crippen molar-refractivity contribution < 1.29 is 9.18 Å². The molecule has 0 saturated heterocycles. The highest BCUT2D eigenvalue weighted by Crippen LogP contribution is 2.20. The summed E-state index contributed by atoms with van der Waals surface area (Å²) in [5.74, 6) is -1.13. The summed E-state index contributed by atoms with van der Waals surface area (Å²) in [6.45, 7) is 1.52. The molecule has 0 unspecified atom stereocenters. The second-order valence-corrected chi connectivity index (χ2v) is 3.14. The molecule has 0 atom stereocenters. The Bertz CT molecular complexity index is 352. The number of carbonyl (C=O) groups is 1. The van der Waals surface area contributed by atoms with Gasteiger partial charge in [0.1, 0.15) is 0 Å². The van der Waals surface area contributed by atoms with E-state index in [4.69, 9.17) is 17.3 Å². The van der Waals surface area contributed by atoms with Crippen LogP contribution in [0.3, 0.4) is 0 Å². The lowest BCUT2D eigenvalue weighted by atomic mass is 10.1. The molecule has 1 rings (SSSR count). The maximum absolute atomic E-state index is 13.2. The summed E-state index contributed by atoms with van der Waals surface area (Å²) < 4.78 is 13.2. The van der Waals surface area contributed by atoms with Gasteiger partial charge >= 0.3 is 0 Å². The maximum Gasteiger partial charge on any atom is 0.179 e. The van der Waals surface area contributed by atoms with Gasteiger partial charge in [0.15, 0.2) is 11.6 Å². The number of carbonyl (C=O) groups excluding carboxylic acids is 1. The van der Waals surface area contributed by atoms with Gasteiger partial charge in [0, 0.05) is 0 Å². The van der Waals surface area contributed by atoms with Crippen molar-refractivity contribution >= 4 is 17.4 Å². The molecule has 1 aromatic rings. The Morgan fingerprint density at radius 1 is 1.62 bits per heavy atom. The Kier molecular flexibility index (Phi) is 3.01. The van der Waals surface area contributed by atoms with Crippen molar-refractivity contribution in [3.63, 3.8) is 0 Å². The minimum Gasteiger partial charge on any atom is -0.324 e. The van der Waals surface area contributed by atoms with E-state index in [9.17, 15) is 9.18 Å². The van der Waals surface area contributed by atoms with E-state index < -0.39 is 11.6 Å². The quantitative estimate of drug-likeness (QED) is 0.743. The molecule has 1 aromatic carbocycles. The van der Waals surface area contributed by atoms with E-state index in [1.807, 2.05) is 0 Å². The normalized spacial score (nSPS) is 10.2. The zero-order valence-corrected chi connectivity index (χ0v) is 7.86. The smallest absolute Gasteiger partial charge is 0.179 e. The number of ketones is 1. The monoisotopic (exact) mass is 201 g/mol. The number of halogens is 2. The van der Waals surface area contributed by atoms with Gasteiger partial charge in [-0.05, 0) is 24.6 Å². The first-order valence-corrected chi connectivity index (χ1v) is 4.13. The molecule has 0 aliphatic carbocycles. The molecule has 2 N–H and O–H groups in total. The summed E-state index contributed by atoms with van der Waals surface area (Å²) in [4.78, 5) is 11.1. The highest BCUT2D eigenvalue weighted by atomic mass is 35.5. The summed E-state index contributed by atoms with van der Waals surface area (Å²) >= 11 is 5.55. The van der Waals surface area contributed by atoms with Crippen LogP contribution in [0, 0.1) is 12.7 Å². The molecule has 0 bridgehead atoms. The number of aryl methyl sites for hydroxylation is 1. The summed E-state index contributed by atoms with van der Waals surface area (Å²) in [7, 11) is 0. The predicted octanol–water partition coefficient (Wildman–Crippen LogP) is 1.93. The van der Waals surface area contributed by atoms with E-state index in [0.29, 0.717) is 0 Å². The van der Waals surface area contributed by atoms with Gasteiger partial charge in [0.25, 0.3) is 0 Å². The minimum absolute atomic E-state index is 0.0347. The highest BCUT2D eigenvalue weighted by molar-refractivity contribution is 6.31. The largest absolute Gasteiger partial charge is 0.324 e. The van der Waals surface area contributed by atoms with Crippen LogP contribution in [0.2, 0.25) is 5.02 Å². The fourth-order valence-corrected chi connectivity index (χ4v) is 1.31. The molecular formula is C9H9ClFNO. The van der Waals surface area contributed by atoms with E-state index in [1.54, 1.807) is 6.92 Å². The van der Waals surface area contributed by atoms with Gasteiger partial charge in [-0.2, -0.15) is 0 Å². The van der Waals surface area contributed by atoms with Crippen molar-refractivity contribution in [2.24, 2.45) is 5.73 Å². The lowest BCUT2D eigenvalue weighted by Gasteiger charge is -2.03. The third kappa shape index (κ3) is 2.05. The van der Waals surface area contributed by atoms with Crippen molar-refractivity contribution in [3.05, 3.63) is 34.1 Å². The minimum atomic E-state index is -0.692. The molecule has 13 heavy (non-hydrogen) atoms. The first-order valence-electron chi connectivity index (χ1n) is 3.75. The van der Waals surface area contributed by atoms with Crippen LogP contribution in [0.1, 0.15) is 15.9 Å². The third-order valence-corrected chi connectivity index (χ3v) is 1.93. The first kappa shape index (κ1) is 10.2. The van der Waals surface area contributed by atoms with Crippen LogP contribution in [0.15, 0.2) is 12.1 Å². The molecule has 2 nitrogen and oxygen atoms in total. The Balaban J connectivity index is 3.28. The highest BCUT2D eigenvalue weighted by Gasteiger charge is 2.13. The molecule has 0 aliphatic heterocycles. The van der Waals surface area contributed by atoms with Crippen LogP contribution in [0.4, 0.5) is 4.39 Å². The van der Waals surface area contributed by atoms with Crippen molar-refractivity contribution in [1.82, 2.24) is 0 Å². The molecule has 0 spiro atoms. The summed E-state index contributed by atoms with van der Waals surface area (Å²) in [5.41, 5.74) is 5.82. The predicted molar refractivity (Wildman–Crippen MR) is 49.5 cm³/mol. The molecule has 0 aliphatic rings. The molecule has 0 aromatic heterocycles. The van der Waals surface area contributed by atoms with Crippen molar-refractivity contribution in [1.29, 1.82) is 0 Å². The topological polar surface area (TPSA) is 43.1 Å². The Morgan fingerprint density at radius 2 is 2.23 bits per heavy atom. The number of benzene rings is 1. The van der Waals surface area contributed by atoms with Gasteiger partial charge in [-0.15, -0.1) is 0 Å². The van der Waals surface area contributed by atoms with Crippen molar-refractivity contribution in [2.45, 2.75) is 6.92 Å². The van der Waals surface area contributed by atoms with Crippen LogP contribution in [-0.4, -0.2) is 12.3 Å². The Labute approximate surface area is 80.5 Å². The Morgan fingerprint density at radius 3 is 2.77 bits per heavy atom. The molecule has 70 valence electrons. The number of rotatable bonds is 2. The van der Waals surface area contributed by atoms with Crippen LogP contribution in [0.25, 0.3) is 0 Å². The lowest BCUT2D eigenvalue weighted by molar-refractivity contribution is 0.0997. The molecule has 4 heteroatoms. The third-order valence-electron chi connectivity index (χ3n) is 1.66. The summed E-state index contributed by atoms with van der Waals surface area (Å²) in [6.07, 6.45) is 0. The van der Waals surface area contributed by atoms with Gasteiger partial charge < -0.3 is 5.73 Å². The molecule has 0 fully saturated rings. The van der Waals surface area contributed by atoms with E-state index in [0.717, 1.165) is 5.56 Å². The number of nitrogens with two attached hydrogens (primary N) is 1. The van der Waals surface area contributed by atoms with E-state index in [1.165, 1.54) is 12.1 Å². The summed E-state index contributed by atoms with van der Waals surface area (Å²) in [6, 6.07) is 2.90.